The van der Waals surface area contributed by atoms with E-state index >= 15 is 0 Å². The van der Waals surface area contributed by atoms with E-state index < -0.39 is 0 Å². The smallest absolute Gasteiger partial charge is 0.0325 e. The predicted octanol–water partition coefficient (Wildman–Crippen LogP) is 5.33. The lowest BCUT2D eigenvalue weighted by molar-refractivity contribution is 0.194. The SMILES string of the molecule is CC(C)CC(NC1CCC(C)(C)CC1)c1ccccc1. The lowest BCUT2D eigenvalue weighted by Gasteiger charge is -2.37. The van der Waals surface area contributed by atoms with Crippen LogP contribution in [-0.2, 0) is 0 Å². The van der Waals surface area contributed by atoms with E-state index in [0.29, 0.717) is 17.5 Å². The quantitative estimate of drug-likeness (QED) is 0.764. The summed E-state index contributed by atoms with van der Waals surface area (Å²) in [5.74, 6) is 0.729. The van der Waals surface area contributed by atoms with Crippen LogP contribution in [0.15, 0.2) is 30.3 Å². The third-order valence-corrected chi connectivity index (χ3v) is 4.69. The van der Waals surface area contributed by atoms with Crippen molar-refractivity contribution < 1.29 is 0 Å². The average molecular weight is 273 g/mol. The molecule has 0 aliphatic heterocycles. The molecule has 1 aliphatic rings. The zero-order chi connectivity index (χ0) is 14.6. The van der Waals surface area contributed by atoms with E-state index in [4.69, 9.17) is 0 Å². The molecule has 0 saturated heterocycles. The Labute approximate surface area is 125 Å². The first-order chi connectivity index (χ1) is 9.46. The fourth-order valence-corrected chi connectivity index (χ4v) is 3.31. The summed E-state index contributed by atoms with van der Waals surface area (Å²) < 4.78 is 0. The second-order valence-corrected chi connectivity index (χ2v) is 7.70. The lowest BCUT2D eigenvalue weighted by atomic mass is 9.75. The Kier molecular flexibility index (Phi) is 5.26. The summed E-state index contributed by atoms with van der Waals surface area (Å²) in [6, 6.07) is 12.2. The molecule has 20 heavy (non-hydrogen) atoms. The Bertz CT molecular complexity index is 383. The minimum atomic E-state index is 0.516. The Balaban J connectivity index is 1.98. The number of hydrogen-bond donors (Lipinski definition) is 1. The highest BCUT2D eigenvalue weighted by atomic mass is 15.0. The van der Waals surface area contributed by atoms with Gasteiger partial charge in [0.2, 0.25) is 0 Å². The monoisotopic (exact) mass is 273 g/mol. The van der Waals surface area contributed by atoms with Crippen LogP contribution in [0.1, 0.15) is 71.4 Å². The topological polar surface area (TPSA) is 12.0 Å². The summed E-state index contributed by atoms with van der Waals surface area (Å²) in [5.41, 5.74) is 2.00. The van der Waals surface area contributed by atoms with E-state index in [1.54, 1.807) is 0 Å². The molecular formula is C19H31N. The van der Waals surface area contributed by atoms with Gasteiger partial charge in [0.25, 0.3) is 0 Å². The zero-order valence-corrected chi connectivity index (χ0v) is 13.7. The van der Waals surface area contributed by atoms with E-state index in [9.17, 15) is 0 Å². The van der Waals surface area contributed by atoms with Gasteiger partial charge in [0.15, 0.2) is 0 Å². The summed E-state index contributed by atoms with van der Waals surface area (Å²) in [5, 5.41) is 3.94. The van der Waals surface area contributed by atoms with Gasteiger partial charge >= 0.3 is 0 Å². The minimum Gasteiger partial charge on any atom is -0.307 e. The van der Waals surface area contributed by atoms with Crippen molar-refractivity contribution in [1.82, 2.24) is 5.32 Å². The Morgan fingerprint density at radius 1 is 1.10 bits per heavy atom. The molecular weight excluding hydrogens is 242 g/mol. The van der Waals surface area contributed by atoms with Gasteiger partial charge in [-0.05, 0) is 49.0 Å². The van der Waals surface area contributed by atoms with E-state index in [1.807, 2.05) is 0 Å². The number of nitrogens with one attached hydrogen (secondary N) is 1. The normalized spacial score (nSPS) is 21.1. The molecule has 2 rings (SSSR count). The first-order valence-electron chi connectivity index (χ1n) is 8.27. The molecule has 0 aromatic heterocycles. The number of benzene rings is 1. The van der Waals surface area contributed by atoms with Crippen LogP contribution in [0.5, 0.6) is 0 Å². The van der Waals surface area contributed by atoms with E-state index in [-0.39, 0.29) is 0 Å². The van der Waals surface area contributed by atoms with Gasteiger partial charge in [-0.25, -0.2) is 0 Å². The molecule has 1 saturated carbocycles. The van der Waals surface area contributed by atoms with Crippen molar-refractivity contribution >= 4 is 0 Å². The third-order valence-electron chi connectivity index (χ3n) is 4.69. The van der Waals surface area contributed by atoms with Crippen LogP contribution in [0.4, 0.5) is 0 Å². The van der Waals surface area contributed by atoms with Crippen molar-refractivity contribution in [2.24, 2.45) is 11.3 Å². The standard InChI is InChI=1S/C19H31N/c1-15(2)14-18(16-8-6-5-7-9-16)20-17-10-12-19(3,4)13-11-17/h5-9,15,17-18,20H,10-14H2,1-4H3. The third kappa shape index (κ3) is 4.63. The first-order valence-corrected chi connectivity index (χ1v) is 8.27. The largest absolute Gasteiger partial charge is 0.307 e. The highest BCUT2D eigenvalue weighted by Crippen LogP contribution is 2.36. The molecule has 1 atom stereocenters. The average Bonchev–Trinajstić information content (AvgIpc) is 2.41. The molecule has 1 aromatic rings. The zero-order valence-electron chi connectivity index (χ0n) is 13.7. The molecule has 0 bridgehead atoms. The molecule has 0 heterocycles. The van der Waals surface area contributed by atoms with Crippen LogP contribution in [0, 0.1) is 11.3 Å². The Morgan fingerprint density at radius 3 is 2.25 bits per heavy atom. The van der Waals surface area contributed by atoms with Crippen molar-refractivity contribution in [3.63, 3.8) is 0 Å². The molecule has 1 fully saturated rings. The van der Waals surface area contributed by atoms with Gasteiger partial charge in [-0.2, -0.15) is 0 Å². The number of rotatable bonds is 5. The van der Waals surface area contributed by atoms with Gasteiger partial charge in [0.1, 0.15) is 0 Å². The van der Waals surface area contributed by atoms with Crippen molar-refractivity contribution in [1.29, 1.82) is 0 Å². The van der Waals surface area contributed by atoms with Crippen LogP contribution in [0.3, 0.4) is 0 Å². The Morgan fingerprint density at radius 2 is 1.70 bits per heavy atom. The molecule has 0 amide bonds. The second-order valence-electron chi connectivity index (χ2n) is 7.70. The summed E-state index contributed by atoms with van der Waals surface area (Å²) in [4.78, 5) is 0. The fourth-order valence-electron chi connectivity index (χ4n) is 3.31. The molecule has 1 N–H and O–H groups in total. The van der Waals surface area contributed by atoms with Gasteiger partial charge in [0, 0.05) is 12.1 Å². The summed E-state index contributed by atoms with van der Waals surface area (Å²) >= 11 is 0. The van der Waals surface area contributed by atoms with Crippen molar-refractivity contribution in [3.05, 3.63) is 35.9 Å². The summed E-state index contributed by atoms with van der Waals surface area (Å²) in [6.45, 7) is 9.46. The molecule has 1 aromatic carbocycles. The van der Waals surface area contributed by atoms with Gasteiger partial charge in [-0.3, -0.25) is 0 Å². The maximum Gasteiger partial charge on any atom is 0.0325 e. The molecule has 1 aliphatic carbocycles. The van der Waals surface area contributed by atoms with E-state index in [0.717, 1.165) is 5.92 Å². The van der Waals surface area contributed by atoms with Crippen LogP contribution in [0.25, 0.3) is 0 Å². The summed E-state index contributed by atoms with van der Waals surface area (Å²) in [7, 11) is 0. The van der Waals surface area contributed by atoms with Crippen LogP contribution >= 0.6 is 0 Å². The van der Waals surface area contributed by atoms with Crippen molar-refractivity contribution in [2.75, 3.05) is 0 Å². The molecule has 0 spiro atoms. The van der Waals surface area contributed by atoms with Gasteiger partial charge in [0.05, 0.1) is 0 Å². The molecule has 1 unspecified atom stereocenters. The molecule has 112 valence electrons. The minimum absolute atomic E-state index is 0.516. The van der Waals surface area contributed by atoms with Crippen LogP contribution < -0.4 is 5.32 Å². The Hall–Kier alpha value is -0.820. The van der Waals surface area contributed by atoms with Crippen LogP contribution in [-0.4, -0.2) is 6.04 Å². The van der Waals surface area contributed by atoms with Gasteiger partial charge < -0.3 is 5.32 Å². The lowest BCUT2D eigenvalue weighted by Crippen LogP contribution is -2.38. The predicted molar refractivity (Wildman–Crippen MR) is 87.8 cm³/mol. The highest BCUT2D eigenvalue weighted by molar-refractivity contribution is 5.19. The second kappa shape index (κ2) is 6.76. The summed E-state index contributed by atoms with van der Waals surface area (Å²) in [6.07, 6.45) is 6.59. The maximum absolute atomic E-state index is 3.94. The highest BCUT2D eigenvalue weighted by Gasteiger charge is 2.28. The first kappa shape index (κ1) is 15.6. The fraction of sp³-hybridized carbons (Fsp3) is 0.684. The maximum atomic E-state index is 3.94. The van der Waals surface area contributed by atoms with Gasteiger partial charge in [-0.15, -0.1) is 0 Å². The van der Waals surface area contributed by atoms with Crippen LogP contribution in [0.2, 0.25) is 0 Å². The van der Waals surface area contributed by atoms with Gasteiger partial charge in [-0.1, -0.05) is 58.0 Å². The van der Waals surface area contributed by atoms with Crippen molar-refractivity contribution in [3.8, 4) is 0 Å². The van der Waals surface area contributed by atoms with E-state index in [2.05, 4.69) is 63.3 Å². The molecule has 1 heteroatoms. The molecule has 0 radical (unpaired) electrons. The number of hydrogen-bond acceptors (Lipinski definition) is 1. The van der Waals surface area contributed by atoms with Crippen molar-refractivity contribution in [2.45, 2.75) is 71.9 Å². The van der Waals surface area contributed by atoms with E-state index in [1.165, 1.54) is 37.7 Å². The molecule has 1 nitrogen and oxygen atoms in total.